The summed E-state index contributed by atoms with van der Waals surface area (Å²) in [6.45, 7) is 4.76. The first-order chi connectivity index (χ1) is 12.1. The molecule has 0 amide bonds. The third kappa shape index (κ3) is 11.4. The minimum atomic E-state index is -3.50. The van der Waals surface area contributed by atoms with Crippen molar-refractivity contribution in [2.45, 2.75) is 83.8 Å². The van der Waals surface area contributed by atoms with Crippen LogP contribution in [0.3, 0.4) is 0 Å². The van der Waals surface area contributed by atoms with Crippen molar-refractivity contribution in [3.8, 4) is 0 Å². The molecule has 3 nitrogen and oxygen atoms in total. The second-order valence-corrected chi connectivity index (χ2v) is 8.68. The summed E-state index contributed by atoms with van der Waals surface area (Å²) in [6.07, 6.45) is 12.0. The van der Waals surface area contributed by atoms with Crippen molar-refractivity contribution < 1.29 is 12.6 Å². The summed E-state index contributed by atoms with van der Waals surface area (Å²) >= 11 is 0. The molecule has 0 aliphatic heterocycles. The highest BCUT2D eigenvalue weighted by Crippen LogP contribution is 2.20. The van der Waals surface area contributed by atoms with E-state index < -0.39 is 10.1 Å². The van der Waals surface area contributed by atoms with Gasteiger partial charge in [-0.1, -0.05) is 95.5 Å². The van der Waals surface area contributed by atoms with Crippen LogP contribution in [0.2, 0.25) is 0 Å². The van der Waals surface area contributed by atoms with Crippen molar-refractivity contribution in [3.63, 3.8) is 0 Å². The van der Waals surface area contributed by atoms with Crippen LogP contribution >= 0.6 is 0 Å². The summed E-state index contributed by atoms with van der Waals surface area (Å²) < 4.78 is 29.8. The van der Waals surface area contributed by atoms with Crippen LogP contribution in [-0.2, 0) is 20.1 Å². The van der Waals surface area contributed by atoms with Gasteiger partial charge >= 0.3 is 0 Å². The summed E-state index contributed by atoms with van der Waals surface area (Å²) in [6, 6.07) is 9.25. The van der Waals surface area contributed by atoms with Crippen LogP contribution in [0, 0.1) is 5.92 Å². The summed E-state index contributed by atoms with van der Waals surface area (Å²) in [4.78, 5) is 0. The Labute approximate surface area is 155 Å². The lowest BCUT2D eigenvalue weighted by atomic mass is 9.95. The average molecular weight is 369 g/mol. The largest absolute Gasteiger partial charge is 0.271 e. The van der Waals surface area contributed by atoms with Crippen LogP contribution in [0.25, 0.3) is 0 Å². The van der Waals surface area contributed by atoms with E-state index in [1.165, 1.54) is 44.9 Å². The summed E-state index contributed by atoms with van der Waals surface area (Å²) in [5, 5.41) is 0. The number of hydrogen-bond acceptors (Lipinski definition) is 3. The predicted molar refractivity (Wildman–Crippen MR) is 106 cm³/mol. The number of hydrogen-bond donors (Lipinski definition) is 0. The molecule has 1 atom stereocenters. The van der Waals surface area contributed by atoms with Gasteiger partial charge in [0.2, 0.25) is 0 Å². The molecular formula is C21H36O3S. The van der Waals surface area contributed by atoms with E-state index in [-0.39, 0.29) is 5.75 Å². The van der Waals surface area contributed by atoms with Crippen molar-refractivity contribution in [1.29, 1.82) is 0 Å². The van der Waals surface area contributed by atoms with E-state index in [0.29, 0.717) is 12.5 Å². The first-order valence-corrected chi connectivity index (χ1v) is 11.6. The molecule has 1 aromatic rings. The Kier molecular flexibility index (Phi) is 11.8. The first-order valence-electron chi connectivity index (χ1n) is 9.98. The topological polar surface area (TPSA) is 43.4 Å². The van der Waals surface area contributed by atoms with Crippen LogP contribution in [0.1, 0.15) is 83.6 Å². The second kappa shape index (κ2) is 13.3. The van der Waals surface area contributed by atoms with Gasteiger partial charge in [-0.25, -0.2) is 0 Å². The lowest BCUT2D eigenvalue weighted by Gasteiger charge is -2.17. The van der Waals surface area contributed by atoms with E-state index in [1.54, 1.807) is 0 Å². The average Bonchev–Trinajstić information content (AvgIpc) is 2.59. The molecule has 0 saturated heterocycles. The van der Waals surface area contributed by atoms with Gasteiger partial charge in [0.1, 0.15) is 5.75 Å². The molecule has 1 aromatic carbocycles. The van der Waals surface area contributed by atoms with Crippen molar-refractivity contribution in [2.24, 2.45) is 5.92 Å². The molecule has 25 heavy (non-hydrogen) atoms. The third-order valence-corrected chi connectivity index (χ3v) is 5.78. The number of unbranched alkanes of at least 4 members (excludes halogenated alkanes) is 6. The zero-order valence-electron chi connectivity index (χ0n) is 16.1. The van der Waals surface area contributed by atoms with Gasteiger partial charge in [0.05, 0.1) is 6.61 Å². The van der Waals surface area contributed by atoms with Crippen LogP contribution < -0.4 is 0 Å². The van der Waals surface area contributed by atoms with Crippen LogP contribution in [-0.4, -0.2) is 15.0 Å². The molecule has 1 rings (SSSR count). The van der Waals surface area contributed by atoms with Gasteiger partial charge in [-0.3, -0.25) is 4.18 Å². The SMILES string of the molecule is CCCCCCCC(CCCCC)COS(=O)(=O)Cc1ccccc1. The summed E-state index contributed by atoms with van der Waals surface area (Å²) in [5.41, 5.74) is 0.782. The Hall–Kier alpha value is -0.870. The summed E-state index contributed by atoms with van der Waals surface area (Å²) in [7, 11) is -3.50. The van der Waals surface area contributed by atoms with E-state index in [2.05, 4.69) is 13.8 Å². The van der Waals surface area contributed by atoms with Crippen LogP contribution in [0.4, 0.5) is 0 Å². The van der Waals surface area contributed by atoms with Gasteiger partial charge in [-0.2, -0.15) is 8.42 Å². The molecule has 0 spiro atoms. The molecule has 144 valence electrons. The maximum atomic E-state index is 12.2. The molecule has 4 heteroatoms. The molecular weight excluding hydrogens is 332 g/mol. The van der Waals surface area contributed by atoms with Gasteiger partial charge in [-0.15, -0.1) is 0 Å². The van der Waals surface area contributed by atoms with E-state index in [4.69, 9.17) is 4.18 Å². The fourth-order valence-electron chi connectivity index (χ4n) is 3.05. The maximum absolute atomic E-state index is 12.2. The Morgan fingerprint density at radius 1 is 0.840 bits per heavy atom. The van der Waals surface area contributed by atoms with Gasteiger partial charge in [0.15, 0.2) is 0 Å². The van der Waals surface area contributed by atoms with Gasteiger partial charge in [-0.05, 0) is 24.3 Å². The van der Waals surface area contributed by atoms with Crippen molar-refractivity contribution in [1.82, 2.24) is 0 Å². The van der Waals surface area contributed by atoms with Crippen LogP contribution in [0.15, 0.2) is 30.3 Å². The Balaban J connectivity index is 2.42. The Morgan fingerprint density at radius 3 is 2.04 bits per heavy atom. The quantitative estimate of drug-likeness (QED) is 0.278. The Morgan fingerprint density at radius 2 is 1.40 bits per heavy atom. The standard InChI is InChI=1S/C21H36O3S/c1-3-5-7-8-11-15-20(14-10-6-4-2)18-24-25(22,23)19-21-16-12-9-13-17-21/h9,12-13,16-17,20H,3-8,10-11,14-15,18-19H2,1-2H3. The molecule has 0 saturated carbocycles. The molecule has 0 bridgehead atoms. The highest BCUT2D eigenvalue weighted by atomic mass is 32.2. The van der Waals surface area contributed by atoms with Crippen molar-refractivity contribution in [2.75, 3.05) is 6.61 Å². The third-order valence-electron chi connectivity index (χ3n) is 4.60. The monoisotopic (exact) mass is 368 g/mol. The fraction of sp³-hybridized carbons (Fsp3) is 0.714. The van der Waals surface area contributed by atoms with E-state index in [1.807, 2.05) is 30.3 Å². The highest BCUT2D eigenvalue weighted by Gasteiger charge is 2.17. The molecule has 1 unspecified atom stereocenters. The fourth-order valence-corrected chi connectivity index (χ4v) is 4.13. The van der Waals surface area contributed by atoms with Crippen molar-refractivity contribution in [3.05, 3.63) is 35.9 Å². The molecule has 0 N–H and O–H groups in total. The molecule has 0 fully saturated rings. The minimum absolute atomic E-state index is 0.0357. The van der Waals surface area contributed by atoms with Gasteiger partial charge < -0.3 is 0 Å². The van der Waals surface area contributed by atoms with Crippen LogP contribution in [0.5, 0.6) is 0 Å². The smallest absolute Gasteiger partial charge is 0.270 e. The number of rotatable bonds is 15. The maximum Gasteiger partial charge on any atom is 0.271 e. The lowest BCUT2D eigenvalue weighted by Crippen LogP contribution is -2.16. The molecule has 0 aliphatic rings. The minimum Gasteiger partial charge on any atom is -0.270 e. The molecule has 0 radical (unpaired) electrons. The van der Waals surface area contributed by atoms with Gasteiger partial charge in [0, 0.05) is 0 Å². The lowest BCUT2D eigenvalue weighted by molar-refractivity contribution is 0.229. The van der Waals surface area contributed by atoms with E-state index in [0.717, 1.165) is 24.8 Å². The zero-order chi connectivity index (χ0) is 18.4. The zero-order valence-corrected chi connectivity index (χ0v) is 16.9. The second-order valence-electron chi connectivity index (χ2n) is 7.04. The van der Waals surface area contributed by atoms with E-state index in [9.17, 15) is 8.42 Å². The highest BCUT2D eigenvalue weighted by molar-refractivity contribution is 7.85. The molecule has 0 heterocycles. The first kappa shape index (κ1) is 22.2. The van der Waals surface area contributed by atoms with Crippen molar-refractivity contribution >= 4 is 10.1 Å². The summed E-state index contributed by atoms with van der Waals surface area (Å²) in [5.74, 6) is 0.324. The normalized spacial score (nSPS) is 13.0. The molecule has 0 aromatic heterocycles. The van der Waals surface area contributed by atoms with Gasteiger partial charge in [0.25, 0.3) is 10.1 Å². The van der Waals surface area contributed by atoms with E-state index >= 15 is 0 Å². The predicted octanol–water partition coefficient (Wildman–Crippen LogP) is 6.09. The molecule has 0 aliphatic carbocycles. The Bertz CT molecular complexity index is 525. The number of benzene rings is 1.